The molecule has 2 heterocycles. The number of aromatic nitrogens is 2. The van der Waals surface area contributed by atoms with E-state index in [0.29, 0.717) is 11.6 Å². The first kappa shape index (κ1) is 15.1. The van der Waals surface area contributed by atoms with E-state index in [2.05, 4.69) is 29.0 Å². The smallest absolute Gasteiger partial charge is 0.278 e. The molecule has 0 bridgehead atoms. The third-order valence-corrected chi connectivity index (χ3v) is 5.51. The molecule has 1 fully saturated rings. The second kappa shape index (κ2) is 5.58. The number of hydrogen-bond donors (Lipinski definition) is 0. The molecular weight excluding hydrogens is 302 g/mol. The Hall–Kier alpha value is -2.43. The number of amides is 1. The second-order valence-electron chi connectivity index (χ2n) is 6.82. The lowest BCUT2D eigenvalue weighted by Gasteiger charge is -2.39. The van der Waals surface area contributed by atoms with Crippen molar-refractivity contribution in [2.24, 2.45) is 0 Å². The van der Waals surface area contributed by atoms with E-state index in [-0.39, 0.29) is 17.4 Å². The molecule has 4 rings (SSSR count). The first-order chi connectivity index (χ1) is 11.6. The second-order valence-corrected chi connectivity index (χ2v) is 6.82. The Labute approximate surface area is 141 Å². The van der Waals surface area contributed by atoms with Gasteiger partial charge in [0.25, 0.3) is 5.91 Å². The van der Waals surface area contributed by atoms with Gasteiger partial charge in [0.1, 0.15) is 0 Å². The van der Waals surface area contributed by atoms with Crippen LogP contribution in [0.2, 0.25) is 0 Å². The number of ether oxygens (including phenoxy) is 1. The summed E-state index contributed by atoms with van der Waals surface area (Å²) in [6.07, 6.45) is 7.53. The lowest BCUT2D eigenvalue weighted by molar-refractivity contribution is 0.0955. The molecule has 2 aromatic rings. The van der Waals surface area contributed by atoms with Gasteiger partial charge in [-0.05, 0) is 24.5 Å². The summed E-state index contributed by atoms with van der Waals surface area (Å²) in [7, 11) is 1.53. The van der Waals surface area contributed by atoms with Gasteiger partial charge < -0.3 is 9.64 Å². The van der Waals surface area contributed by atoms with E-state index in [4.69, 9.17) is 4.74 Å². The highest BCUT2D eigenvalue weighted by molar-refractivity contribution is 6.07. The maximum Gasteiger partial charge on any atom is 0.278 e. The fourth-order valence-corrected chi connectivity index (χ4v) is 4.30. The number of rotatable bonds is 2. The van der Waals surface area contributed by atoms with Crippen molar-refractivity contribution < 1.29 is 9.53 Å². The molecule has 0 spiro atoms. The maximum absolute atomic E-state index is 13.2. The third-order valence-electron chi connectivity index (χ3n) is 5.51. The minimum absolute atomic E-state index is 0.0246. The topological polar surface area (TPSA) is 55.3 Å². The molecule has 5 heteroatoms. The zero-order valence-electron chi connectivity index (χ0n) is 14.0. The summed E-state index contributed by atoms with van der Waals surface area (Å²) in [4.78, 5) is 23.6. The Bertz CT molecular complexity index is 792. The van der Waals surface area contributed by atoms with Crippen LogP contribution in [0.5, 0.6) is 5.88 Å². The molecule has 1 saturated carbocycles. The fourth-order valence-electron chi connectivity index (χ4n) is 4.30. The average Bonchev–Trinajstić information content (AvgIpc) is 2.90. The van der Waals surface area contributed by atoms with Crippen LogP contribution in [0.1, 0.15) is 48.7 Å². The quantitative estimate of drug-likeness (QED) is 0.850. The Kier molecular flexibility index (Phi) is 3.52. The van der Waals surface area contributed by atoms with Crippen molar-refractivity contribution in [3.63, 3.8) is 0 Å². The number of nitrogens with zero attached hydrogens (tertiary/aromatic N) is 3. The normalized spacial score (nSPS) is 25.1. The molecule has 1 aliphatic carbocycles. The lowest BCUT2D eigenvalue weighted by atomic mass is 9.69. The van der Waals surface area contributed by atoms with Gasteiger partial charge in [0.15, 0.2) is 5.69 Å². The van der Waals surface area contributed by atoms with Gasteiger partial charge in [-0.2, -0.15) is 0 Å². The van der Waals surface area contributed by atoms with E-state index in [9.17, 15) is 4.79 Å². The van der Waals surface area contributed by atoms with Crippen LogP contribution < -0.4 is 9.64 Å². The van der Waals surface area contributed by atoms with Crippen molar-refractivity contribution in [1.29, 1.82) is 0 Å². The first-order valence-corrected chi connectivity index (χ1v) is 8.44. The molecule has 2 atom stereocenters. The molecule has 1 amide bonds. The summed E-state index contributed by atoms with van der Waals surface area (Å²) in [5, 5.41) is 0. The Balaban J connectivity index is 1.80. The van der Waals surface area contributed by atoms with Crippen LogP contribution in [0.25, 0.3) is 0 Å². The zero-order chi connectivity index (χ0) is 16.7. The highest BCUT2D eigenvalue weighted by atomic mass is 16.5. The first-order valence-electron chi connectivity index (χ1n) is 8.44. The Morgan fingerprint density at radius 1 is 1.29 bits per heavy atom. The van der Waals surface area contributed by atoms with Crippen molar-refractivity contribution in [3.8, 4) is 5.88 Å². The predicted octanol–water partition coefficient (Wildman–Crippen LogP) is 3.35. The highest BCUT2D eigenvalue weighted by Gasteiger charge is 2.50. The molecule has 0 N–H and O–H groups in total. The van der Waals surface area contributed by atoms with Gasteiger partial charge in [0.05, 0.1) is 19.5 Å². The molecule has 5 nitrogen and oxygen atoms in total. The van der Waals surface area contributed by atoms with Crippen LogP contribution in [-0.4, -0.2) is 29.0 Å². The van der Waals surface area contributed by atoms with Gasteiger partial charge in [0, 0.05) is 17.1 Å². The van der Waals surface area contributed by atoms with Crippen LogP contribution in [0.3, 0.4) is 0 Å². The third kappa shape index (κ3) is 2.11. The molecular formula is C19H21N3O2. The lowest BCUT2D eigenvalue weighted by Crippen LogP contribution is -2.48. The largest absolute Gasteiger partial charge is 0.480 e. The molecule has 24 heavy (non-hydrogen) atoms. The molecule has 2 aliphatic rings. The standard InChI is InChI=1S/C19H21N3O2/c1-19-10-6-5-9-16(19)22(15-8-4-3-7-13(15)19)18(23)14-11-20-12-17(21-14)24-2/h3-4,7-8,11-12,16H,5-6,9-10H2,1-2H3/t16-,19-/m0/s1. The van der Waals surface area contributed by atoms with Crippen molar-refractivity contribution in [3.05, 3.63) is 47.9 Å². The number of fused-ring (bicyclic) bond motifs is 3. The van der Waals surface area contributed by atoms with E-state index >= 15 is 0 Å². The molecule has 1 aromatic heterocycles. The molecule has 1 aromatic carbocycles. The number of carbonyl (C=O) groups is 1. The molecule has 0 radical (unpaired) electrons. The number of methoxy groups -OCH3 is 1. The molecule has 0 unspecified atom stereocenters. The number of para-hydroxylation sites is 1. The summed E-state index contributed by atoms with van der Waals surface area (Å²) in [5.74, 6) is 0.268. The summed E-state index contributed by atoms with van der Waals surface area (Å²) < 4.78 is 5.12. The van der Waals surface area contributed by atoms with E-state index in [0.717, 1.165) is 24.9 Å². The molecule has 0 saturated heterocycles. The Morgan fingerprint density at radius 3 is 2.96 bits per heavy atom. The van der Waals surface area contributed by atoms with Crippen molar-refractivity contribution >= 4 is 11.6 Å². The fraction of sp³-hybridized carbons (Fsp3) is 0.421. The highest BCUT2D eigenvalue weighted by Crippen LogP contribution is 2.52. The minimum Gasteiger partial charge on any atom is -0.480 e. The van der Waals surface area contributed by atoms with Gasteiger partial charge in [0.2, 0.25) is 5.88 Å². The van der Waals surface area contributed by atoms with Crippen molar-refractivity contribution in [1.82, 2.24) is 9.97 Å². The summed E-state index contributed by atoms with van der Waals surface area (Å²) in [6.45, 7) is 2.29. The van der Waals surface area contributed by atoms with E-state index in [1.807, 2.05) is 17.0 Å². The average molecular weight is 323 g/mol. The van der Waals surface area contributed by atoms with Crippen molar-refractivity contribution in [2.45, 2.75) is 44.1 Å². The van der Waals surface area contributed by atoms with Crippen molar-refractivity contribution in [2.75, 3.05) is 12.0 Å². The van der Waals surface area contributed by atoms with Crippen LogP contribution in [0.4, 0.5) is 5.69 Å². The number of anilines is 1. The van der Waals surface area contributed by atoms with E-state index in [1.54, 1.807) is 0 Å². The van der Waals surface area contributed by atoms with E-state index < -0.39 is 0 Å². The number of hydrogen-bond acceptors (Lipinski definition) is 4. The predicted molar refractivity (Wildman–Crippen MR) is 91.4 cm³/mol. The summed E-state index contributed by atoms with van der Waals surface area (Å²) in [6, 6.07) is 8.46. The van der Waals surface area contributed by atoms with Gasteiger partial charge in [-0.15, -0.1) is 0 Å². The van der Waals surface area contributed by atoms with Gasteiger partial charge in [-0.3, -0.25) is 9.78 Å². The van der Waals surface area contributed by atoms with Gasteiger partial charge in [-0.25, -0.2) is 4.98 Å². The summed E-state index contributed by atoms with van der Waals surface area (Å²) >= 11 is 0. The molecule has 124 valence electrons. The van der Waals surface area contributed by atoms with E-state index in [1.165, 1.54) is 31.5 Å². The summed E-state index contributed by atoms with van der Waals surface area (Å²) in [5.41, 5.74) is 2.65. The SMILES string of the molecule is COc1cncc(C(=O)N2c3ccccc3[C@]3(C)CCCC[C@H]23)n1. The van der Waals surface area contributed by atoms with Crippen LogP contribution in [-0.2, 0) is 5.41 Å². The monoisotopic (exact) mass is 323 g/mol. The van der Waals surface area contributed by atoms with Crippen LogP contribution >= 0.6 is 0 Å². The van der Waals surface area contributed by atoms with Crippen LogP contribution in [0, 0.1) is 0 Å². The minimum atomic E-state index is -0.0931. The van der Waals surface area contributed by atoms with Gasteiger partial charge in [-0.1, -0.05) is 38.0 Å². The maximum atomic E-state index is 13.2. The zero-order valence-corrected chi connectivity index (χ0v) is 14.0. The molecule has 1 aliphatic heterocycles. The number of benzene rings is 1. The Morgan fingerprint density at radius 2 is 2.12 bits per heavy atom. The number of carbonyl (C=O) groups excluding carboxylic acids is 1. The van der Waals surface area contributed by atoms with Gasteiger partial charge >= 0.3 is 0 Å². The van der Waals surface area contributed by atoms with Crippen LogP contribution in [0.15, 0.2) is 36.7 Å².